The van der Waals surface area contributed by atoms with Crippen LogP contribution in [0.1, 0.15) is 10.4 Å². The molecule has 1 aromatic carbocycles. The summed E-state index contributed by atoms with van der Waals surface area (Å²) >= 11 is 0. The molecule has 1 rings (SSSR count). The minimum Gasteiger partial charge on any atom is -0.478 e. The summed E-state index contributed by atoms with van der Waals surface area (Å²) in [4.78, 5) is 20.0. The van der Waals surface area contributed by atoms with Gasteiger partial charge in [-0.05, 0) is 6.07 Å². The van der Waals surface area contributed by atoms with Crippen LogP contribution in [0.25, 0.3) is 0 Å². The molecule has 0 aromatic heterocycles. The first kappa shape index (κ1) is 13.9. The van der Waals surface area contributed by atoms with E-state index in [2.05, 4.69) is 5.32 Å². The highest BCUT2D eigenvalue weighted by Gasteiger charge is 2.26. The van der Waals surface area contributed by atoms with Gasteiger partial charge in [-0.2, -0.15) is 0 Å². The average molecular weight is 275 g/mol. The predicted octanol–water partition coefficient (Wildman–Crippen LogP) is -0.0179. The Morgan fingerprint density at radius 3 is 2.39 bits per heavy atom. The van der Waals surface area contributed by atoms with E-state index in [0.717, 1.165) is 12.1 Å². The van der Waals surface area contributed by atoms with E-state index >= 15 is 0 Å². The second kappa shape index (κ2) is 4.58. The van der Waals surface area contributed by atoms with Crippen LogP contribution >= 0.6 is 0 Å². The van der Waals surface area contributed by atoms with Crippen LogP contribution in [0, 0.1) is 10.1 Å². The topological polar surface area (TPSA) is 153 Å². The van der Waals surface area contributed by atoms with Crippen LogP contribution in [-0.2, 0) is 10.0 Å². The number of hydrogen-bond donors (Lipinski definition) is 3. The van der Waals surface area contributed by atoms with Crippen molar-refractivity contribution in [2.24, 2.45) is 5.14 Å². The molecule has 0 fully saturated rings. The van der Waals surface area contributed by atoms with E-state index < -0.39 is 37.1 Å². The number of nitrogens with two attached hydrogens (primary N) is 1. The lowest BCUT2D eigenvalue weighted by Gasteiger charge is -2.09. The van der Waals surface area contributed by atoms with Crippen molar-refractivity contribution in [3.8, 4) is 0 Å². The van der Waals surface area contributed by atoms with E-state index in [-0.39, 0.29) is 5.69 Å². The van der Waals surface area contributed by atoms with Gasteiger partial charge in [0.05, 0.1) is 10.5 Å². The molecule has 0 aliphatic carbocycles. The maximum atomic E-state index is 11.3. The molecule has 1 aromatic rings. The Kier molecular flexibility index (Phi) is 3.53. The van der Waals surface area contributed by atoms with E-state index in [9.17, 15) is 23.3 Å². The van der Waals surface area contributed by atoms with Gasteiger partial charge < -0.3 is 10.4 Å². The number of primary sulfonamides is 1. The minimum absolute atomic E-state index is 0.354. The first-order chi connectivity index (χ1) is 8.18. The van der Waals surface area contributed by atoms with Crippen molar-refractivity contribution >= 4 is 27.4 Å². The molecule has 0 aliphatic rings. The third-order valence-electron chi connectivity index (χ3n) is 2.08. The monoisotopic (exact) mass is 275 g/mol. The zero-order valence-corrected chi connectivity index (χ0v) is 9.89. The van der Waals surface area contributed by atoms with E-state index in [1.807, 2.05) is 0 Å². The Bertz CT molecular complexity index is 624. The standard InChI is InChI=1S/C8H9N3O6S/c1-10-7-5(11(14)15)2-4(8(12)13)3-6(7)18(9,16)17/h2-3,10H,1H3,(H,12,13)(H2,9,16,17). The molecule has 0 saturated heterocycles. The van der Waals surface area contributed by atoms with Gasteiger partial charge in [0.2, 0.25) is 10.0 Å². The Balaban J connectivity index is 3.78. The van der Waals surface area contributed by atoms with Crippen LogP contribution in [0.3, 0.4) is 0 Å². The van der Waals surface area contributed by atoms with Gasteiger partial charge in [-0.15, -0.1) is 0 Å². The first-order valence-electron chi connectivity index (χ1n) is 4.44. The highest BCUT2D eigenvalue weighted by atomic mass is 32.2. The molecule has 0 aliphatic heterocycles. The molecule has 0 heterocycles. The zero-order chi connectivity index (χ0) is 14.1. The van der Waals surface area contributed by atoms with Gasteiger partial charge in [-0.3, -0.25) is 10.1 Å². The Hall–Kier alpha value is -2.20. The van der Waals surface area contributed by atoms with Crippen molar-refractivity contribution in [2.45, 2.75) is 4.90 Å². The summed E-state index contributed by atoms with van der Waals surface area (Å²) in [5.41, 5.74) is -1.57. The quantitative estimate of drug-likeness (QED) is 0.515. The van der Waals surface area contributed by atoms with Crippen LogP contribution in [0.4, 0.5) is 11.4 Å². The van der Waals surface area contributed by atoms with Crippen LogP contribution in [0.5, 0.6) is 0 Å². The molecule has 18 heavy (non-hydrogen) atoms. The van der Waals surface area contributed by atoms with Crippen LogP contribution < -0.4 is 10.5 Å². The number of carboxylic acids is 1. The molecule has 0 spiro atoms. The van der Waals surface area contributed by atoms with Gasteiger partial charge in [-0.1, -0.05) is 0 Å². The molecule has 4 N–H and O–H groups in total. The van der Waals surface area contributed by atoms with Gasteiger partial charge >= 0.3 is 5.97 Å². The lowest BCUT2D eigenvalue weighted by atomic mass is 10.1. The predicted molar refractivity (Wildman–Crippen MR) is 61.0 cm³/mol. The van der Waals surface area contributed by atoms with Gasteiger partial charge in [0.1, 0.15) is 10.6 Å². The van der Waals surface area contributed by atoms with E-state index in [4.69, 9.17) is 10.2 Å². The fraction of sp³-hybridized carbons (Fsp3) is 0.125. The number of benzene rings is 1. The Labute approximate surface area is 101 Å². The number of nitro benzene ring substituents is 1. The number of carbonyl (C=O) groups is 1. The summed E-state index contributed by atoms with van der Waals surface area (Å²) in [5.74, 6) is -1.49. The van der Waals surface area contributed by atoms with E-state index in [1.54, 1.807) is 0 Å². The molecule has 0 amide bonds. The molecular formula is C8H9N3O6S. The van der Waals surface area contributed by atoms with Crippen molar-refractivity contribution in [3.63, 3.8) is 0 Å². The van der Waals surface area contributed by atoms with Crippen molar-refractivity contribution in [1.29, 1.82) is 0 Å². The number of rotatable bonds is 4. The summed E-state index contributed by atoms with van der Waals surface area (Å²) in [6.07, 6.45) is 0. The largest absolute Gasteiger partial charge is 0.478 e. The lowest BCUT2D eigenvalue weighted by molar-refractivity contribution is -0.384. The SMILES string of the molecule is CNc1c([N+](=O)[O-])cc(C(=O)O)cc1S(N)(=O)=O. The van der Waals surface area contributed by atoms with E-state index in [0.29, 0.717) is 0 Å². The highest BCUT2D eigenvalue weighted by molar-refractivity contribution is 7.89. The summed E-state index contributed by atoms with van der Waals surface area (Å²) in [6.45, 7) is 0. The number of nitro groups is 1. The molecule has 0 atom stereocenters. The van der Waals surface area contributed by atoms with Gasteiger partial charge in [0.25, 0.3) is 5.69 Å². The van der Waals surface area contributed by atoms with E-state index in [1.165, 1.54) is 7.05 Å². The second-order valence-corrected chi connectivity index (χ2v) is 4.76. The summed E-state index contributed by atoms with van der Waals surface area (Å²) in [7, 11) is -3.03. The fourth-order valence-electron chi connectivity index (χ4n) is 1.34. The molecule has 0 saturated carbocycles. The van der Waals surface area contributed by atoms with Crippen LogP contribution in [0.2, 0.25) is 0 Å². The van der Waals surface area contributed by atoms with Gasteiger partial charge in [0.15, 0.2) is 0 Å². The zero-order valence-electron chi connectivity index (χ0n) is 9.08. The molecule has 98 valence electrons. The third-order valence-corrected chi connectivity index (χ3v) is 3.02. The fourth-order valence-corrected chi connectivity index (χ4v) is 2.13. The number of anilines is 1. The number of nitrogens with one attached hydrogen (secondary N) is 1. The summed E-state index contributed by atoms with van der Waals surface area (Å²) in [6, 6.07) is 1.51. The number of nitrogens with zero attached hydrogens (tertiary/aromatic N) is 1. The molecule has 10 heteroatoms. The lowest BCUT2D eigenvalue weighted by Crippen LogP contribution is -2.16. The number of carboxylic acid groups (broad SMARTS) is 1. The molecule has 0 bridgehead atoms. The molecule has 0 radical (unpaired) electrons. The van der Waals surface area contributed by atoms with Crippen molar-refractivity contribution < 1.29 is 23.2 Å². The first-order valence-corrected chi connectivity index (χ1v) is 5.99. The molecular weight excluding hydrogens is 266 g/mol. The second-order valence-electron chi connectivity index (χ2n) is 3.23. The van der Waals surface area contributed by atoms with Crippen molar-refractivity contribution in [3.05, 3.63) is 27.8 Å². The number of aromatic carboxylic acids is 1. The maximum Gasteiger partial charge on any atom is 0.335 e. The third kappa shape index (κ3) is 2.55. The van der Waals surface area contributed by atoms with Gasteiger partial charge in [-0.25, -0.2) is 18.4 Å². The normalized spacial score (nSPS) is 11.0. The van der Waals surface area contributed by atoms with Crippen LogP contribution in [-0.4, -0.2) is 31.5 Å². The van der Waals surface area contributed by atoms with Gasteiger partial charge in [0, 0.05) is 13.1 Å². The van der Waals surface area contributed by atoms with Crippen LogP contribution in [0.15, 0.2) is 17.0 Å². The molecule has 9 nitrogen and oxygen atoms in total. The Morgan fingerprint density at radius 2 is 2.06 bits per heavy atom. The Morgan fingerprint density at radius 1 is 1.50 bits per heavy atom. The summed E-state index contributed by atoms with van der Waals surface area (Å²) in [5, 5.41) is 26.8. The maximum absolute atomic E-state index is 11.3. The average Bonchev–Trinajstić information content (AvgIpc) is 2.25. The van der Waals surface area contributed by atoms with Crippen molar-refractivity contribution in [1.82, 2.24) is 0 Å². The highest BCUT2D eigenvalue weighted by Crippen LogP contribution is 2.32. The minimum atomic E-state index is -4.29. The summed E-state index contributed by atoms with van der Waals surface area (Å²) < 4.78 is 22.6. The van der Waals surface area contributed by atoms with Crippen molar-refractivity contribution in [2.75, 3.05) is 12.4 Å². The number of hydrogen-bond acceptors (Lipinski definition) is 6. The number of sulfonamides is 1. The smallest absolute Gasteiger partial charge is 0.335 e. The molecule has 0 unspecified atom stereocenters.